The van der Waals surface area contributed by atoms with Crippen molar-refractivity contribution in [1.29, 1.82) is 0 Å². The molecule has 0 amide bonds. The SMILES string of the molecule is C/C=C/COc1ccc(C#Cc2ccc(C3CCC4CC(/C=C/C)CCC4C3)cc2F)cc1F. The standard InChI is InChI=1S/C31H34F2O/c1-3-5-17-34-31-16-9-23(19-30(31)33)7-10-24-12-13-28(21-29(24)32)27-15-14-25-18-22(6-4-2)8-11-26(25)20-27/h3-6,9,12-13,16,19,21-22,25-27H,8,11,14-15,17-18,20H2,1-2H3/b5-3+,6-4+. The number of allylic oxidation sites excluding steroid dienone is 3. The highest BCUT2D eigenvalue weighted by Crippen LogP contribution is 2.47. The van der Waals surface area contributed by atoms with Crippen molar-refractivity contribution in [2.45, 2.75) is 58.3 Å². The van der Waals surface area contributed by atoms with Gasteiger partial charge in [0.1, 0.15) is 12.4 Å². The molecular formula is C31H34F2O. The molecule has 34 heavy (non-hydrogen) atoms. The molecule has 0 aliphatic heterocycles. The summed E-state index contributed by atoms with van der Waals surface area (Å²) in [6.07, 6.45) is 15.6. The van der Waals surface area contributed by atoms with Gasteiger partial charge in [-0.25, -0.2) is 8.78 Å². The van der Waals surface area contributed by atoms with Crippen molar-refractivity contribution in [3.05, 3.63) is 89.0 Å². The third kappa shape index (κ3) is 5.98. The normalized spacial score (nSPS) is 24.6. The highest BCUT2D eigenvalue weighted by Gasteiger charge is 2.35. The minimum atomic E-state index is -0.470. The first-order valence-electron chi connectivity index (χ1n) is 12.5. The molecule has 4 atom stereocenters. The summed E-state index contributed by atoms with van der Waals surface area (Å²) in [4.78, 5) is 0. The molecule has 2 aliphatic carbocycles. The number of fused-ring (bicyclic) bond motifs is 1. The fourth-order valence-corrected chi connectivity index (χ4v) is 5.63. The van der Waals surface area contributed by atoms with E-state index in [0.29, 0.717) is 23.7 Å². The average Bonchev–Trinajstić information content (AvgIpc) is 2.84. The van der Waals surface area contributed by atoms with Crippen molar-refractivity contribution in [2.75, 3.05) is 6.61 Å². The van der Waals surface area contributed by atoms with E-state index in [0.717, 1.165) is 29.7 Å². The molecule has 0 radical (unpaired) electrons. The summed E-state index contributed by atoms with van der Waals surface area (Å²) in [6.45, 7) is 4.31. The van der Waals surface area contributed by atoms with Gasteiger partial charge >= 0.3 is 0 Å². The number of rotatable bonds is 5. The van der Waals surface area contributed by atoms with Crippen LogP contribution in [0.4, 0.5) is 8.78 Å². The second-order valence-corrected chi connectivity index (χ2v) is 9.64. The van der Waals surface area contributed by atoms with E-state index in [1.165, 1.54) is 38.2 Å². The van der Waals surface area contributed by atoms with Gasteiger partial charge in [-0.2, -0.15) is 0 Å². The maximum Gasteiger partial charge on any atom is 0.166 e. The van der Waals surface area contributed by atoms with E-state index in [-0.39, 0.29) is 11.6 Å². The highest BCUT2D eigenvalue weighted by molar-refractivity contribution is 5.46. The predicted molar refractivity (Wildman–Crippen MR) is 135 cm³/mol. The van der Waals surface area contributed by atoms with Gasteiger partial charge in [0.05, 0.1) is 5.56 Å². The molecular weight excluding hydrogens is 426 g/mol. The Hall–Kier alpha value is -2.86. The maximum atomic E-state index is 14.9. The molecule has 178 valence electrons. The van der Waals surface area contributed by atoms with Crippen LogP contribution >= 0.6 is 0 Å². The van der Waals surface area contributed by atoms with Gasteiger partial charge < -0.3 is 4.74 Å². The first kappa shape index (κ1) is 24.3. The van der Waals surface area contributed by atoms with Crippen LogP contribution in [0, 0.1) is 41.2 Å². The minimum absolute atomic E-state index is 0.184. The van der Waals surface area contributed by atoms with Crippen LogP contribution in [0.5, 0.6) is 5.75 Å². The van der Waals surface area contributed by atoms with Crippen LogP contribution in [0.15, 0.2) is 60.7 Å². The second-order valence-electron chi connectivity index (χ2n) is 9.64. The Bertz CT molecular complexity index is 1100. The number of hydrogen-bond donors (Lipinski definition) is 0. The van der Waals surface area contributed by atoms with Crippen molar-refractivity contribution in [1.82, 2.24) is 0 Å². The van der Waals surface area contributed by atoms with Gasteiger partial charge in [0.15, 0.2) is 11.6 Å². The molecule has 0 saturated heterocycles. The summed E-state index contributed by atoms with van der Waals surface area (Å²) in [7, 11) is 0. The number of benzene rings is 2. The summed E-state index contributed by atoms with van der Waals surface area (Å²) >= 11 is 0. The van der Waals surface area contributed by atoms with Crippen LogP contribution in [0.3, 0.4) is 0 Å². The van der Waals surface area contributed by atoms with Crippen LogP contribution in [-0.2, 0) is 0 Å². The summed E-state index contributed by atoms with van der Waals surface area (Å²) in [5, 5.41) is 0. The Labute approximate surface area is 202 Å². The molecule has 0 spiro atoms. The Morgan fingerprint density at radius 3 is 2.47 bits per heavy atom. The smallest absolute Gasteiger partial charge is 0.166 e. The molecule has 4 unspecified atom stereocenters. The van der Waals surface area contributed by atoms with E-state index in [4.69, 9.17) is 4.74 Å². The van der Waals surface area contributed by atoms with Crippen molar-refractivity contribution < 1.29 is 13.5 Å². The van der Waals surface area contributed by atoms with Crippen molar-refractivity contribution >= 4 is 0 Å². The van der Waals surface area contributed by atoms with Gasteiger partial charge in [0.2, 0.25) is 0 Å². The largest absolute Gasteiger partial charge is 0.486 e. The highest BCUT2D eigenvalue weighted by atomic mass is 19.1. The zero-order valence-corrected chi connectivity index (χ0v) is 20.2. The van der Waals surface area contributed by atoms with Crippen molar-refractivity contribution in [2.24, 2.45) is 17.8 Å². The first-order chi connectivity index (χ1) is 16.6. The maximum absolute atomic E-state index is 14.9. The molecule has 0 aromatic heterocycles. The molecule has 2 aliphatic rings. The van der Waals surface area contributed by atoms with Crippen LogP contribution in [0.25, 0.3) is 0 Å². The van der Waals surface area contributed by atoms with E-state index < -0.39 is 5.82 Å². The van der Waals surface area contributed by atoms with E-state index >= 15 is 0 Å². The van der Waals surface area contributed by atoms with E-state index in [2.05, 4.69) is 30.9 Å². The Morgan fingerprint density at radius 2 is 1.71 bits per heavy atom. The lowest BCUT2D eigenvalue weighted by molar-refractivity contribution is 0.133. The topological polar surface area (TPSA) is 9.23 Å². The van der Waals surface area contributed by atoms with E-state index in [1.807, 2.05) is 19.1 Å². The van der Waals surface area contributed by atoms with Crippen LogP contribution in [-0.4, -0.2) is 6.61 Å². The summed E-state index contributed by atoms with van der Waals surface area (Å²) in [6, 6.07) is 10.0. The molecule has 3 heteroatoms. The van der Waals surface area contributed by atoms with Crippen molar-refractivity contribution in [3.8, 4) is 17.6 Å². The third-order valence-electron chi connectivity index (χ3n) is 7.43. The molecule has 2 aromatic rings. The number of halogens is 2. The number of ether oxygens (including phenoxy) is 1. The second kappa shape index (κ2) is 11.5. The molecule has 2 aromatic carbocycles. The van der Waals surface area contributed by atoms with Gasteiger partial charge in [-0.3, -0.25) is 0 Å². The van der Waals surface area contributed by atoms with Gasteiger partial charge in [-0.15, -0.1) is 0 Å². The first-order valence-corrected chi connectivity index (χ1v) is 12.5. The summed E-state index contributed by atoms with van der Waals surface area (Å²) < 4.78 is 34.5. The van der Waals surface area contributed by atoms with Gasteiger partial charge in [0, 0.05) is 5.56 Å². The zero-order chi connectivity index (χ0) is 23.9. The predicted octanol–water partition coefficient (Wildman–Crippen LogP) is 8.20. The average molecular weight is 461 g/mol. The molecule has 0 N–H and O–H groups in total. The number of hydrogen-bond acceptors (Lipinski definition) is 1. The van der Waals surface area contributed by atoms with Crippen LogP contribution < -0.4 is 4.74 Å². The van der Waals surface area contributed by atoms with Gasteiger partial charge in [-0.05, 0) is 112 Å². The van der Waals surface area contributed by atoms with Gasteiger partial charge in [-0.1, -0.05) is 42.2 Å². The molecule has 1 nitrogen and oxygen atoms in total. The molecule has 0 bridgehead atoms. The summed E-state index contributed by atoms with van der Waals surface area (Å²) in [5.41, 5.74) is 1.93. The van der Waals surface area contributed by atoms with Crippen LogP contribution in [0.1, 0.15) is 75.0 Å². The lowest BCUT2D eigenvalue weighted by atomic mass is 9.64. The van der Waals surface area contributed by atoms with Gasteiger partial charge in [0.25, 0.3) is 0 Å². The third-order valence-corrected chi connectivity index (χ3v) is 7.43. The fraction of sp³-hybridized carbons (Fsp3) is 0.419. The zero-order valence-electron chi connectivity index (χ0n) is 20.2. The lowest BCUT2D eigenvalue weighted by Gasteiger charge is -2.41. The fourth-order valence-electron chi connectivity index (χ4n) is 5.63. The summed E-state index contributed by atoms with van der Waals surface area (Å²) in [5.74, 6) is 7.93. The molecule has 0 heterocycles. The van der Waals surface area contributed by atoms with E-state index in [9.17, 15) is 8.78 Å². The monoisotopic (exact) mass is 460 g/mol. The molecule has 4 rings (SSSR count). The quantitative estimate of drug-likeness (QED) is 0.323. The Balaban J connectivity index is 1.40. The van der Waals surface area contributed by atoms with Crippen LogP contribution in [0.2, 0.25) is 0 Å². The van der Waals surface area contributed by atoms with E-state index in [1.54, 1.807) is 30.3 Å². The minimum Gasteiger partial charge on any atom is -0.486 e. The molecule has 2 saturated carbocycles. The lowest BCUT2D eigenvalue weighted by Crippen LogP contribution is -2.30. The van der Waals surface area contributed by atoms with Crippen molar-refractivity contribution in [3.63, 3.8) is 0 Å². The molecule has 2 fully saturated rings. The Kier molecular flexibility index (Phi) is 8.22. The Morgan fingerprint density at radius 1 is 0.882 bits per heavy atom.